The molecule has 176 valence electrons. The Balaban J connectivity index is 1.71. The van der Waals surface area contributed by atoms with Gasteiger partial charge in [0.25, 0.3) is 15.9 Å². The van der Waals surface area contributed by atoms with Gasteiger partial charge in [-0.1, -0.05) is 41.4 Å². The molecular formula is C22H23Cl2N3O5S. The second kappa shape index (κ2) is 10.1. The van der Waals surface area contributed by atoms with Crippen LogP contribution in [0.5, 0.6) is 0 Å². The SMILES string of the molecule is CNC(=O)[C@@H](C)N(Cc1ccc(Cl)c(Cl)c1)C(=O)CCCN1C(=O)c2ccccc2S1(=O)=O. The molecule has 3 rings (SSSR count). The second-order valence-corrected chi connectivity index (χ2v) is 10.2. The van der Waals surface area contributed by atoms with Crippen molar-refractivity contribution in [2.45, 2.75) is 37.2 Å². The zero-order chi connectivity index (χ0) is 24.3. The summed E-state index contributed by atoms with van der Waals surface area (Å²) in [5.74, 6) is -1.32. The highest BCUT2D eigenvalue weighted by atomic mass is 35.5. The minimum Gasteiger partial charge on any atom is -0.357 e. The second-order valence-electron chi connectivity index (χ2n) is 7.54. The summed E-state index contributed by atoms with van der Waals surface area (Å²) >= 11 is 12.0. The van der Waals surface area contributed by atoms with Gasteiger partial charge in [0.05, 0.1) is 15.6 Å². The standard InChI is InChI=1S/C22H23Cl2N3O5S/c1-14(21(29)25-2)26(13-15-9-10-17(23)18(24)12-15)20(28)8-5-11-27-22(30)16-6-3-4-7-19(16)33(27,31)32/h3-4,6-7,9-10,12,14H,5,8,11,13H2,1-2H3,(H,25,29)/t14-/m1/s1. The van der Waals surface area contributed by atoms with E-state index in [9.17, 15) is 22.8 Å². The average molecular weight is 512 g/mol. The number of benzene rings is 2. The van der Waals surface area contributed by atoms with Crippen LogP contribution in [0.25, 0.3) is 0 Å². The van der Waals surface area contributed by atoms with E-state index in [1.54, 1.807) is 37.3 Å². The monoisotopic (exact) mass is 511 g/mol. The van der Waals surface area contributed by atoms with Crippen LogP contribution in [0.15, 0.2) is 47.4 Å². The van der Waals surface area contributed by atoms with Crippen LogP contribution in [0, 0.1) is 0 Å². The third kappa shape index (κ3) is 5.15. The number of halogens is 2. The first-order valence-corrected chi connectivity index (χ1v) is 12.4. The van der Waals surface area contributed by atoms with Crippen molar-refractivity contribution in [2.24, 2.45) is 0 Å². The molecule has 0 saturated heterocycles. The molecule has 0 aliphatic carbocycles. The normalized spacial score (nSPS) is 15.2. The Morgan fingerprint density at radius 1 is 1.12 bits per heavy atom. The lowest BCUT2D eigenvalue weighted by Gasteiger charge is -2.28. The van der Waals surface area contributed by atoms with Crippen molar-refractivity contribution in [1.82, 2.24) is 14.5 Å². The summed E-state index contributed by atoms with van der Waals surface area (Å²) in [6.45, 7) is 1.56. The first kappa shape index (κ1) is 25.0. The molecule has 1 heterocycles. The Morgan fingerprint density at radius 3 is 2.45 bits per heavy atom. The van der Waals surface area contributed by atoms with Gasteiger partial charge in [0.2, 0.25) is 11.8 Å². The summed E-state index contributed by atoms with van der Waals surface area (Å²) in [6, 6.07) is 10.2. The Labute approximate surface area is 202 Å². The van der Waals surface area contributed by atoms with Crippen molar-refractivity contribution in [2.75, 3.05) is 13.6 Å². The van der Waals surface area contributed by atoms with Crippen molar-refractivity contribution in [1.29, 1.82) is 0 Å². The van der Waals surface area contributed by atoms with E-state index in [2.05, 4.69) is 5.32 Å². The van der Waals surface area contributed by atoms with Crippen molar-refractivity contribution in [3.05, 3.63) is 63.6 Å². The topological polar surface area (TPSA) is 104 Å². The number of hydrogen-bond acceptors (Lipinski definition) is 5. The molecule has 1 aliphatic heterocycles. The number of carbonyl (C=O) groups excluding carboxylic acids is 3. The zero-order valence-corrected chi connectivity index (χ0v) is 20.4. The maximum absolute atomic E-state index is 13.0. The highest BCUT2D eigenvalue weighted by Gasteiger charge is 2.40. The number of likely N-dealkylation sites (N-methyl/N-ethyl adjacent to an activating group) is 1. The van der Waals surface area contributed by atoms with Crippen LogP contribution in [-0.4, -0.2) is 55.0 Å². The summed E-state index contributed by atoms with van der Waals surface area (Å²) in [5.41, 5.74) is 0.805. The highest BCUT2D eigenvalue weighted by molar-refractivity contribution is 7.90. The molecule has 0 aromatic heterocycles. The van der Waals surface area contributed by atoms with Gasteiger partial charge in [-0.3, -0.25) is 14.4 Å². The van der Waals surface area contributed by atoms with Crippen LogP contribution in [0.4, 0.5) is 0 Å². The highest BCUT2D eigenvalue weighted by Crippen LogP contribution is 2.30. The van der Waals surface area contributed by atoms with E-state index in [1.807, 2.05) is 0 Å². The summed E-state index contributed by atoms with van der Waals surface area (Å²) in [7, 11) is -2.46. The van der Waals surface area contributed by atoms with Crippen LogP contribution < -0.4 is 5.32 Å². The number of nitrogens with one attached hydrogen (secondary N) is 1. The van der Waals surface area contributed by atoms with Crippen LogP contribution in [0.2, 0.25) is 10.0 Å². The first-order valence-electron chi connectivity index (χ1n) is 10.2. The van der Waals surface area contributed by atoms with Gasteiger partial charge in [-0.15, -0.1) is 0 Å². The quantitative estimate of drug-likeness (QED) is 0.586. The number of nitrogens with zero attached hydrogens (tertiary/aromatic N) is 2. The largest absolute Gasteiger partial charge is 0.357 e. The average Bonchev–Trinajstić information content (AvgIpc) is 2.99. The predicted molar refractivity (Wildman–Crippen MR) is 124 cm³/mol. The van der Waals surface area contributed by atoms with Gasteiger partial charge in [0.1, 0.15) is 10.9 Å². The van der Waals surface area contributed by atoms with Gasteiger partial charge in [0, 0.05) is 26.6 Å². The van der Waals surface area contributed by atoms with E-state index in [0.29, 0.717) is 15.6 Å². The minimum absolute atomic E-state index is 0.0317. The van der Waals surface area contributed by atoms with E-state index < -0.39 is 22.0 Å². The molecule has 2 aromatic rings. The zero-order valence-electron chi connectivity index (χ0n) is 18.0. The lowest BCUT2D eigenvalue weighted by atomic mass is 10.1. The molecule has 2 aromatic carbocycles. The molecule has 1 aliphatic rings. The number of carbonyl (C=O) groups is 3. The maximum Gasteiger partial charge on any atom is 0.269 e. The van der Waals surface area contributed by atoms with Crippen LogP contribution >= 0.6 is 23.2 Å². The third-order valence-electron chi connectivity index (χ3n) is 5.41. The fraction of sp³-hybridized carbons (Fsp3) is 0.318. The number of amides is 3. The predicted octanol–water partition coefficient (Wildman–Crippen LogP) is 3.08. The van der Waals surface area contributed by atoms with Gasteiger partial charge in [-0.05, 0) is 43.2 Å². The fourth-order valence-electron chi connectivity index (χ4n) is 3.60. The molecule has 0 unspecified atom stereocenters. The maximum atomic E-state index is 13.0. The van der Waals surface area contributed by atoms with Gasteiger partial charge in [-0.25, -0.2) is 12.7 Å². The molecule has 1 N–H and O–H groups in total. The van der Waals surface area contributed by atoms with Crippen LogP contribution in [0.3, 0.4) is 0 Å². The Bertz CT molecular complexity index is 1200. The van der Waals surface area contributed by atoms with E-state index in [0.717, 1.165) is 4.31 Å². The summed E-state index contributed by atoms with van der Waals surface area (Å²) in [6.07, 6.45) is 0.0500. The molecule has 0 radical (unpaired) electrons. The van der Waals surface area contributed by atoms with Gasteiger partial charge in [-0.2, -0.15) is 0 Å². The molecule has 0 spiro atoms. The molecular weight excluding hydrogens is 489 g/mol. The van der Waals surface area contributed by atoms with Crippen molar-refractivity contribution >= 4 is 50.9 Å². The molecule has 0 saturated carbocycles. The molecule has 33 heavy (non-hydrogen) atoms. The summed E-state index contributed by atoms with van der Waals surface area (Å²) in [5, 5.41) is 3.22. The summed E-state index contributed by atoms with van der Waals surface area (Å²) in [4.78, 5) is 39.1. The minimum atomic E-state index is -3.94. The van der Waals surface area contributed by atoms with Gasteiger partial charge < -0.3 is 10.2 Å². The molecule has 0 fully saturated rings. The molecule has 11 heteroatoms. The van der Waals surface area contributed by atoms with Gasteiger partial charge >= 0.3 is 0 Å². The van der Waals surface area contributed by atoms with Crippen LogP contribution in [0.1, 0.15) is 35.7 Å². The Morgan fingerprint density at radius 2 is 1.82 bits per heavy atom. The van der Waals surface area contributed by atoms with Crippen molar-refractivity contribution in [3.63, 3.8) is 0 Å². The third-order valence-corrected chi connectivity index (χ3v) is 7.99. The molecule has 0 bridgehead atoms. The lowest BCUT2D eigenvalue weighted by Crippen LogP contribution is -2.46. The van der Waals surface area contributed by atoms with E-state index in [1.165, 1.54) is 24.1 Å². The number of fused-ring (bicyclic) bond motifs is 1. The molecule has 1 atom stereocenters. The molecule has 3 amide bonds. The first-order chi connectivity index (χ1) is 15.6. The van der Waals surface area contributed by atoms with Gasteiger partial charge in [0.15, 0.2) is 0 Å². The number of hydrogen-bond donors (Lipinski definition) is 1. The lowest BCUT2D eigenvalue weighted by molar-refractivity contribution is -0.140. The number of rotatable bonds is 8. The van der Waals surface area contributed by atoms with Crippen LogP contribution in [-0.2, 0) is 26.2 Å². The van der Waals surface area contributed by atoms with Crippen molar-refractivity contribution in [3.8, 4) is 0 Å². The number of sulfonamides is 1. The van der Waals surface area contributed by atoms with E-state index in [4.69, 9.17) is 23.2 Å². The van der Waals surface area contributed by atoms with E-state index >= 15 is 0 Å². The Kier molecular flexibility index (Phi) is 7.66. The Hall–Kier alpha value is -2.62. The van der Waals surface area contributed by atoms with E-state index in [-0.39, 0.29) is 48.2 Å². The fourth-order valence-corrected chi connectivity index (χ4v) is 5.52. The molecule has 8 nitrogen and oxygen atoms in total. The van der Waals surface area contributed by atoms with Crippen molar-refractivity contribution < 1.29 is 22.8 Å². The summed E-state index contributed by atoms with van der Waals surface area (Å²) < 4.78 is 26.1. The smallest absolute Gasteiger partial charge is 0.269 e.